The average Bonchev–Trinajstić information content (AvgIpc) is 2.91. The van der Waals surface area contributed by atoms with Gasteiger partial charge in [0.25, 0.3) is 5.91 Å². The van der Waals surface area contributed by atoms with Crippen LogP contribution in [0.3, 0.4) is 0 Å². The van der Waals surface area contributed by atoms with Gasteiger partial charge >= 0.3 is 0 Å². The molecule has 0 radical (unpaired) electrons. The number of carbonyl (C=O) groups excluding carboxylic acids is 1. The van der Waals surface area contributed by atoms with Crippen LogP contribution in [0, 0.1) is 0 Å². The Bertz CT molecular complexity index is 860. The second kappa shape index (κ2) is 34.4. The van der Waals surface area contributed by atoms with E-state index in [1.165, 1.54) is 17.4 Å². The van der Waals surface area contributed by atoms with E-state index in [0.29, 0.717) is 11.5 Å². The highest BCUT2D eigenvalue weighted by molar-refractivity contribution is 7.92. The summed E-state index contributed by atoms with van der Waals surface area (Å²) in [4.78, 5) is 15.9. The molecule has 0 fully saturated rings. The zero-order valence-corrected chi connectivity index (χ0v) is 28.9. The van der Waals surface area contributed by atoms with Crippen molar-refractivity contribution in [3.63, 3.8) is 0 Å². The number of hydrogen-bond acceptors (Lipinski definition) is 5. The third kappa shape index (κ3) is 33.4. The summed E-state index contributed by atoms with van der Waals surface area (Å²) < 4.78 is 28.5. The number of likely N-dealkylation sites (N-methyl/N-ethyl adjacent to an activating group) is 2. The van der Waals surface area contributed by atoms with Crippen LogP contribution in [0.1, 0.15) is 103 Å². The lowest BCUT2D eigenvalue weighted by Gasteiger charge is -2.23. The average molecular weight is 588 g/mol. The SMILES string of the molecule is C/C=C\CC/C=C/O/C(C)=C(/C=C(\C=C\S(N)(=O)=O)C(=O)N(C)C)N(C)CCCC.C=CC.CC.CC.CCC.[HH]. The summed E-state index contributed by atoms with van der Waals surface area (Å²) in [6, 6.07) is 0. The fourth-order valence-corrected chi connectivity index (χ4v) is 2.73. The van der Waals surface area contributed by atoms with Gasteiger partial charge in [-0.2, -0.15) is 0 Å². The lowest BCUT2D eigenvalue weighted by Crippen LogP contribution is -2.25. The maximum atomic E-state index is 12.6. The van der Waals surface area contributed by atoms with Crippen molar-refractivity contribution in [1.82, 2.24) is 9.80 Å². The van der Waals surface area contributed by atoms with Gasteiger partial charge in [0.2, 0.25) is 10.0 Å². The number of unbranched alkanes of at least 4 members (excludes halogenated alkanes) is 2. The van der Waals surface area contributed by atoms with Crippen LogP contribution in [0.2, 0.25) is 0 Å². The van der Waals surface area contributed by atoms with Crippen molar-refractivity contribution in [2.45, 2.75) is 101 Å². The minimum absolute atomic E-state index is 0. The Balaban J connectivity index is -0.000000244. The Labute approximate surface area is 250 Å². The van der Waals surface area contributed by atoms with E-state index < -0.39 is 10.0 Å². The number of sulfonamides is 1. The van der Waals surface area contributed by atoms with Gasteiger partial charge in [0.15, 0.2) is 0 Å². The minimum Gasteiger partial charge on any atom is -0.468 e. The fourth-order valence-electron chi connectivity index (χ4n) is 2.39. The molecule has 0 aromatic carbocycles. The van der Waals surface area contributed by atoms with E-state index in [1.807, 2.05) is 72.6 Å². The Kier molecular flexibility index (Phi) is 40.7. The van der Waals surface area contributed by atoms with Crippen LogP contribution < -0.4 is 5.14 Å². The molecule has 0 unspecified atom stereocenters. The van der Waals surface area contributed by atoms with Gasteiger partial charge in [0.05, 0.1) is 12.0 Å². The zero-order chi connectivity index (χ0) is 32.6. The van der Waals surface area contributed by atoms with Crippen LogP contribution in [0.25, 0.3) is 0 Å². The fraction of sp³-hybridized carbons (Fsp3) is 0.594. The van der Waals surface area contributed by atoms with Crippen LogP contribution in [0.4, 0.5) is 0 Å². The topological polar surface area (TPSA) is 92.9 Å². The van der Waals surface area contributed by atoms with Gasteiger partial charge in [0.1, 0.15) is 5.76 Å². The first-order valence-electron chi connectivity index (χ1n) is 14.4. The highest BCUT2D eigenvalue weighted by Gasteiger charge is 2.14. The van der Waals surface area contributed by atoms with Crippen LogP contribution in [0.15, 0.2) is 71.7 Å². The highest BCUT2D eigenvalue weighted by Crippen LogP contribution is 2.17. The van der Waals surface area contributed by atoms with Crippen molar-refractivity contribution in [2.75, 3.05) is 27.7 Å². The second-order valence-electron chi connectivity index (χ2n) is 8.16. The largest absolute Gasteiger partial charge is 0.468 e. The van der Waals surface area contributed by atoms with Crippen molar-refractivity contribution < 1.29 is 19.4 Å². The molecular weight excluding hydrogens is 522 g/mol. The van der Waals surface area contributed by atoms with E-state index in [1.54, 1.807) is 32.5 Å². The Hall–Kier alpha value is -2.58. The lowest BCUT2D eigenvalue weighted by molar-refractivity contribution is -0.124. The van der Waals surface area contributed by atoms with Gasteiger partial charge in [-0.25, -0.2) is 13.6 Å². The predicted molar refractivity (Wildman–Crippen MR) is 180 cm³/mol. The van der Waals surface area contributed by atoms with Gasteiger partial charge in [-0.3, -0.25) is 4.79 Å². The summed E-state index contributed by atoms with van der Waals surface area (Å²) in [5.74, 6) is 0.259. The molecule has 1 amide bonds. The van der Waals surface area contributed by atoms with Crippen LogP contribution in [-0.2, 0) is 19.6 Å². The normalized spacial score (nSPS) is 11.5. The molecule has 7 nitrogen and oxygen atoms in total. The van der Waals surface area contributed by atoms with Crippen molar-refractivity contribution in [2.24, 2.45) is 5.14 Å². The molecule has 40 heavy (non-hydrogen) atoms. The second-order valence-corrected chi connectivity index (χ2v) is 9.61. The Morgan fingerprint density at radius 3 is 1.88 bits per heavy atom. The summed E-state index contributed by atoms with van der Waals surface area (Å²) in [5.41, 5.74) is 0.873. The van der Waals surface area contributed by atoms with E-state index in [4.69, 9.17) is 9.88 Å². The lowest BCUT2D eigenvalue weighted by atomic mass is 10.1. The monoisotopic (exact) mass is 587 g/mol. The molecule has 0 spiro atoms. The van der Waals surface area contributed by atoms with Crippen molar-refractivity contribution in [1.29, 1.82) is 0 Å². The molecule has 0 saturated carbocycles. The molecule has 0 aliphatic rings. The Morgan fingerprint density at radius 1 is 1.00 bits per heavy atom. The molecule has 0 saturated heterocycles. The number of ether oxygens (including phenoxy) is 1. The molecule has 0 heterocycles. The van der Waals surface area contributed by atoms with Gasteiger partial charge < -0.3 is 14.5 Å². The molecule has 0 rings (SSSR count). The highest BCUT2D eigenvalue weighted by atomic mass is 32.2. The summed E-state index contributed by atoms with van der Waals surface area (Å²) >= 11 is 0. The predicted octanol–water partition coefficient (Wildman–Crippen LogP) is 8.56. The summed E-state index contributed by atoms with van der Waals surface area (Å²) in [6.07, 6.45) is 17.3. The molecule has 2 N–H and O–H groups in total. The standard InChI is InChI=1S/C22H37N3O4S.C3H8.C3H6.2C2H6.H2/c1-7-9-11-12-13-16-29-19(3)21(25(6)15-10-8-2)18-20(22(26)24(4)5)14-17-30(23,27)28;2*1-3-2;2*1-2;/h7,9,13-14,16-18H,8,10-12,15H2,1-6H3,(H2,23,27,28);3H2,1-2H3;3H,1H2,2H3;2*1-2H3;1H/b9-7-,16-13+,17-14+,20-18+,21-19-;;;;;. The maximum Gasteiger partial charge on any atom is 0.253 e. The molecule has 0 atom stereocenters. The first kappa shape index (κ1) is 47.2. The smallest absolute Gasteiger partial charge is 0.253 e. The summed E-state index contributed by atoms with van der Waals surface area (Å²) in [7, 11) is 1.24. The molecule has 0 aromatic rings. The maximum absolute atomic E-state index is 12.6. The van der Waals surface area contributed by atoms with Crippen LogP contribution in [-0.4, -0.2) is 51.8 Å². The molecule has 0 aliphatic carbocycles. The van der Waals surface area contributed by atoms with Gasteiger partial charge in [-0.05, 0) is 58.3 Å². The third-order valence-corrected chi connectivity index (χ3v) is 4.59. The van der Waals surface area contributed by atoms with Crippen molar-refractivity contribution in [3.05, 3.63) is 71.7 Å². The van der Waals surface area contributed by atoms with Crippen molar-refractivity contribution >= 4 is 15.9 Å². The molecule has 238 valence electrons. The zero-order valence-electron chi connectivity index (χ0n) is 28.1. The van der Waals surface area contributed by atoms with E-state index in [9.17, 15) is 13.2 Å². The number of primary sulfonamides is 1. The molecular formula is C32H65N3O4S. The van der Waals surface area contributed by atoms with Gasteiger partial charge in [-0.15, -0.1) is 6.58 Å². The quantitative estimate of drug-likeness (QED) is 0.0766. The van der Waals surface area contributed by atoms with E-state index in [0.717, 1.165) is 37.6 Å². The number of nitrogens with two attached hydrogens (primary N) is 1. The third-order valence-electron chi connectivity index (χ3n) is 4.08. The number of rotatable bonds is 13. The molecule has 0 aromatic heterocycles. The van der Waals surface area contributed by atoms with Gasteiger partial charge in [-0.1, -0.05) is 79.5 Å². The number of amides is 1. The number of carbonyl (C=O) groups is 1. The number of allylic oxidation sites excluding steroid dienone is 6. The van der Waals surface area contributed by atoms with Gasteiger partial charge in [0, 0.05) is 40.1 Å². The van der Waals surface area contributed by atoms with Crippen LogP contribution >= 0.6 is 0 Å². The number of hydrogen-bond donors (Lipinski definition) is 1. The summed E-state index contributed by atoms with van der Waals surface area (Å²) in [5, 5.41) is 5.88. The first-order valence-corrected chi connectivity index (χ1v) is 16.0. The molecule has 0 aliphatic heterocycles. The van der Waals surface area contributed by atoms with Crippen LogP contribution in [0.5, 0.6) is 0 Å². The van der Waals surface area contributed by atoms with E-state index in [2.05, 4.69) is 33.4 Å². The van der Waals surface area contributed by atoms with E-state index >= 15 is 0 Å². The number of nitrogens with zero attached hydrogens (tertiary/aromatic N) is 2. The molecule has 0 bridgehead atoms. The first-order chi connectivity index (χ1) is 18.9. The summed E-state index contributed by atoms with van der Waals surface area (Å²) in [6.45, 7) is 24.1. The molecule has 8 heteroatoms. The Morgan fingerprint density at radius 2 is 1.48 bits per heavy atom. The van der Waals surface area contributed by atoms with Crippen molar-refractivity contribution in [3.8, 4) is 0 Å². The van der Waals surface area contributed by atoms with E-state index in [-0.39, 0.29) is 12.9 Å². The minimum atomic E-state index is -3.86.